The van der Waals surface area contributed by atoms with E-state index in [4.69, 9.17) is 0 Å². The number of carbonyl (C=O) groups is 1. The maximum atomic E-state index is 11.1. The molecule has 0 saturated carbocycles. The molecule has 13 heavy (non-hydrogen) atoms. The first-order valence-electron chi connectivity index (χ1n) is 3.82. The lowest BCUT2D eigenvalue weighted by molar-refractivity contribution is -0.588. The normalized spacial score (nSPS) is 14.1. The molecular weight excluding hydrogens is 176 g/mol. The number of rotatable bonds is 4. The van der Waals surface area contributed by atoms with E-state index in [0.717, 1.165) is 0 Å². The van der Waals surface area contributed by atoms with E-state index in [2.05, 4.69) is 14.9 Å². The number of nitrogens with zero attached hydrogens (tertiary/aromatic N) is 2. The van der Waals surface area contributed by atoms with Crippen LogP contribution in [-0.4, -0.2) is 31.1 Å². The van der Waals surface area contributed by atoms with Crippen molar-refractivity contribution in [1.82, 2.24) is 0 Å². The van der Waals surface area contributed by atoms with Crippen molar-refractivity contribution in [3.63, 3.8) is 0 Å². The summed E-state index contributed by atoms with van der Waals surface area (Å²) in [5.41, 5.74) is 0. The average molecular weight is 190 g/mol. The second-order valence-corrected chi connectivity index (χ2v) is 2.78. The summed E-state index contributed by atoms with van der Waals surface area (Å²) >= 11 is 0. The molecule has 6 nitrogen and oxygen atoms in total. The molecule has 1 unspecified atom stereocenters. The molecule has 0 radical (unpaired) electrons. The summed E-state index contributed by atoms with van der Waals surface area (Å²) in [5, 5.41) is 14.2. The summed E-state index contributed by atoms with van der Waals surface area (Å²) in [6.45, 7) is 3.44. The van der Waals surface area contributed by atoms with E-state index in [9.17, 15) is 10.0 Å². The largest absolute Gasteiger partial charge is 0.597 e. The number of ether oxygens (including phenoxy) is 1. The van der Waals surface area contributed by atoms with Gasteiger partial charge in [0.25, 0.3) is 6.04 Å². The SMILES string of the molecule is CO/N=[N+](/[O-])C(C(=O)OC)C(C)C. The van der Waals surface area contributed by atoms with Gasteiger partial charge in [0, 0.05) is 5.92 Å². The fourth-order valence-corrected chi connectivity index (χ4v) is 0.869. The van der Waals surface area contributed by atoms with Crippen molar-refractivity contribution in [3.8, 4) is 0 Å². The van der Waals surface area contributed by atoms with Crippen molar-refractivity contribution >= 4 is 5.97 Å². The Kier molecular flexibility index (Phi) is 4.79. The Morgan fingerprint density at radius 2 is 2.00 bits per heavy atom. The van der Waals surface area contributed by atoms with Gasteiger partial charge in [-0.2, -0.15) is 0 Å². The van der Waals surface area contributed by atoms with Crippen LogP contribution in [0.4, 0.5) is 0 Å². The Bertz CT molecular complexity index is 203. The van der Waals surface area contributed by atoms with Gasteiger partial charge in [0.05, 0.1) is 7.11 Å². The van der Waals surface area contributed by atoms with Crippen molar-refractivity contribution in [3.05, 3.63) is 5.21 Å². The molecule has 0 aromatic carbocycles. The third-order valence-corrected chi connectivity index (χ3v) is 1.47. The Morgan fingerprint density at radius 1 is 1.46 bits per heavy atom. The Labute approximate surface area is 76.7 Å². The lowest BCUT2D eigenvalue weighted by Crippen LogP contribution is -2.36. The van der Waals surface area contributed by atoms with Crippen LogP contribution in [0.3, 0.4) is 0 Å². The van der Waals surface area contributed by atoms with Crippen molar-refractivity contribution in [2.45, 2.75) is 19.9 Å². The summed E-state index contributed by atoms with van der Waals surface area (Å²) in [7, 11) is 2.46. The van der Waals surface area contributed by atoms with E-state index >= 15 is 0 Å². The lowest BCUT2D eigenvalue weighted by atomic mass is 10.1. The van der Waals surface area contributed by atoms with E-state index in [1.54, 1.807) is 13.8 Å². The standard InChI is InChI=1S/C7H14N2O4/c1-5(2)6(7(10)12-3)9(11)8-13-4/h5-6H,1-4H3/b9-8+. The zero-order valence-electron chi connectivity index (χ0n) is 8.18. The zero-order chi connectivity index (χ0) is 10.4. The third-order valence-electron chi connectivity index (χ3n) is 1.47. The van der Waals surface area contributed by atoms with Crippen LogP contribution >= 0.6 is 0 Å². The number of methoxy groups -OCH3 is 1. The molecular formula is C7H14N2O4. The van der Waals surface area contributed by atoms with Crippen molar-refractivity contribution < 1.29 is 19.2 Å². The molecule has 1 atom stereocenters. The molecule has 0 fully saturated rings. The summed E-state index contributed by atoms with van der Waals surface area (Å²) in [5.74, 6) is -0.811. The molecule has 0 saturated heterocycles. The van der Waals surface area contributed by atoms with Gasteiger partial charge in [-0.1, -0.05) is 13.8 Å². The highest BCUT2D eigenvalue weighted by Crippen LogP contribution is 2.08. The molecule has 0 aliphatic rings. The van der Waals surface area contributed by atoms with Gasteiger partial charge in [0.2, 0.25) is 5.28 Å². The first-order valence-corrected chi connectivity index (χ1v) is 3.82. The topological polar surface area (TPSA) is 74.0 Å². The van der Waals surface area contributed by atoms with Crippen LogP contribution in [0.2, 0.25) is 0 Å². The van der Waals surface area contributed by atoms with Crippen LogP contribution in [0.1, 0.15) is 13.8 Å². The fraction of sp³-hybridized carbons (Fsp3) is 0.857. The molecule has 0 N–H and O–H groups in total. The van der Waals surface area contributed by atoms with E-state index < -0.39 is 12.0 Å². The number of hydrogen-bond donors (Lipinski definition) is 0. The first kappa shape index (κ1) is 11.7. The Morgan fingerprint density at radius 3 is 2.31 bits per heavy atom. The summed E-state index contributed by atoms with van der Waals surface area (Å²) < 4.78 is 4.44. The van der Waals surface area contributed by atoms with Crippen molar-refractivity contribution in [2.24, 2.45) is 11.2 Å². The number of carbonyl (C=O) groups excluding carboxylic acids is 1. The molecule has 0 spiro atoms. The molecule has 0 rings (SSSR count). The highest BCUT2D eigenvalue weighted by atomic mass is 16.7. The van der Waals surface area contributed by atoms with Crippen LogP contribution in [0.5, 0.6) is 0 Å². The van der Waals surface area contributed by atoms with Crippen molar-refractivity contribution in [2.75, 3.05) is 14.2 Å². The second kappa shape index (κ2) is 5.34. The van der Waals surface area contributed by atoms with Gasteiger partial charge in [-0.3, -0.25) is 0 Å². The first-order chi connectivity index (χ1) is 6.04. The lowest BCUT2D eigenvalue weighted by Gasteiger charge is -2.13. The molecule has 76 valence electrons. The monoisotopic (exact) mass is 190 g/mol. The quantitative estimate of drug-likeness (QED) is 0.283. The van der Waals surface area contributed by atoms with Gasteiger partial charge in [-0.05, 0) is 4.86 Å². The second-order valence-electron chi connectivity index (χ2n) is 2.78. The summed E-state index contributed by atoms with van der Waals surface area (Å²) in [6.07, 6.45) is 0. The van der Waals surface area contributed by atoms with Crippen LogP contribution in [0.25, 0.3) is 0 Å². The summed E-state index contributed by atoms with van der Waals surface area (Å²) in [6, 6.07) is -0.954. The third kappa shape index (κ3) is 3.27. The highest BCUT2D eigenvalue weighted by Gasteiger charge is 2.33. The van der Waals surface area contributed by atoms with Gasteiger partial charge >= 0.3 is 5.97 Å². The molecule has 0 aliphatic carbocycles. The van der Waals surface area contributed by atoms with E-state index in [1.807, 2.05) is 0 Å². The molecule has 0 aliphatic heterocycles. The fourth-order valence-electron chi connectivity index (χ4n) is 0.869. The van der Waals surface area contributed by atoms with Gasteiger partial charge < -0.3 is 14.8 Å². The molecule has 0 aromatic rings. The van der Waals surface area contributed by atoms with E-state index in [-0.39, 0.29) is 10.8 Å². The number of esters is 1. The summed E-state index contributed by atoms with van der Waals surface area (Å²) in [4.78, 5) is 15.6. The van der Waals surface area contributed by atoms with Crippen LogP contribution in [0.15, 0.2) is 5.28 Å². The van der Waals surface area contributed by atoms with E-state index in [0.29, 0.717) is 0 Å². The minimum Gasteiger partial charge on any atom is -0.597 e. The molecule has 0 amide bonds. The number of hydroxylamine groups is 1. The molecule has 6 heteroatoms. The smallest absolute Gasteiger partial charge is 0.379 e. The van der Waals surface area contributed by atoms with Gasteiger partial charge in [0.1, 0.15) is 7.11 Å². The average Bonchev–Trinajstić information content (AvgIpc) is 2.04. The minimum absolute atomic E-state index is 0.191. The highest BCUT2D eigenvalue weighted by molar-refractivity contribution is 5.74. The van der Waals surface area contributed by atoms with Crippen LogP contribution in [-0.2, 0) is 14.4 Å². The Hall–Kier alpha value is -1.33. The zero-order valence-corrected chi connectivity index (χ0v) is 8.18. The molecule has 0 bridgehead atoms. The predicted molar refractivity (Wildman–Crippen MR) is 43.7 cm³/mol. The van der Waals surface area contributed by atoms with Gasteiger partial charge in [-0.15, -0.1) is 0 Å². The minimum atomic E-state index is -0.954. The van der Waals surface area contributed by atoms with Gasteiger partial charge in [0.15, 0.2) is 0 Å². The molecule has 0 aromatic heterocycles. The van der Waals surface area contributed by atoms with Gasteiger partial charge in [-0.25, -0.2) is 4.79 Å². The predicted octanol–water partition coefficient (Wildman–Crippen LogP) is 0.708. The number of hydrogen-bond acceptors (Lipinski definition) is 5. The van der Waals surface area contributed by atoms with Crippen molar-refractivity contribution in [1.29, 1.82) is 0 Å². The molecule has 0 heterocycles. The van der Waals surface area contributed by atoms with E-state index in [1.165, 1.54) is 14.2 Å². The Balaban J connectivity index is 4.61. The van der Waals surface area contributed by atoms with Crippen LogP contribution < -0.4 is 0 Å². The maximum absolute atomic E-state index is 11.1. The van der Waals surface area contributed by atoms with Crippen LogP contribution in [0, 0.1) is 11.1 Å². The maximum Gasteiger partial charge on any atom is 0.379 e.